The van der Waals surface area contributed by atoms with Crippen molar-refractivity contribution in [2.24, 2.45) is 5.50 Å². The Morgan fingerprint density at radius 3 is 2.61 bits per heavy atom. The minimum absolute atomic E-state index is 0.128. The van der Waals surface area contributed by atoms with Gasteiger partial charge in [-0.25, -0.2) is 9.24 Å². The van der Waals surface area contributed by atoms with Gasteiger partial charge in [-0.1, -0.05) is 34.8 Å². The van der Waals surface area contributed by atoms with Crippen molar-refractivity contribution in [1.82, 2.24) is 14.2 Å². The van der Waals surface area contributed by atoms with Gasteiger partial charge >= 0.3 is 5.95 Å². The summed E-state index contributed by atoms with van der Waals surface area (Å²) in [5.74, 6) is -0.128. The van der Waals surface area contributed by atoms with Crippen LogP contribution in [0.2, 0.25) is 0 Å². The van der Waals surface area contributed by atoms with Crippen LogP contribution in [0.5, 0.6) is 0 Å². The molecule has 10 heteroatoms. The molecule has 1 aromatic heterocycles. The molecule has 132 valence electrons. The van der Waals surface area contributed by atoms with Gasteiger partial charge in [0.05, 0.1) is 6.54 Å². The second-order valence-corrected chi connectivity index (χ2v) is 7.27. The van der Waals surface area contributed by atoms with Crippen LogP contribution in [0, 0.1) is 10.1 Å². The van der Waals surface area contributed by atoms with Crippen LogP contribution in [-0.2, 0) is 17.5 Å². The summed E-state index contributed by atoms with van der Waals surface area (Å²) in [6.07, 6.45) is 0.983. The van der Waals surface area contributed by atoms with Crippen molar-refractivity contribution in [2.45, 2.75) is 46.3 Å². The van der Waals surface area contributed by atoms with Gasteiger partial charge in [0.15, 0.2) is 14.1 Å². The second kappa shape index (κ2) is 9.64. The highest BCUT2D eigenvalue weighted by molar-refractivity contribution is 9.09. The van der Waals surface area contributed by atoms with E-state index in [4.69, 9.17) is 10.0 Å². The minimum atomic E-state index is -1.26. The Balaban J connectivity index is 3.16. The highest BCUT2D eigenvalue weighted by Crippen LogP contribution is 2.41. The molecule has 2 N–H and O–H groups in total. The zero-order chi connectivity index (χ0) is 17.6. The molecule has 0 fully saturated rings. The van der Waals surface area contributed by atoms with Crippen molar-refractivity contribution in [1.29, 1.82) is 0 Å². The largest absolute Gasteiger partial charge is 0.435 e. The van der Waals surface area contributed by atoms with Crippen LogP contribution in [0.15, 0.2) is 0 Å². The van der Waals surface area contributed by atoms with Crippen molar-refractivity contribution in [3.63, 3.8) is 0 Å². The lowest BCUT2D eigenvalue weighted by Crippen LogP contribution is -2.22. The lowest BCUT2D eigenvalue weighted by atomic mass is 10.1. The van der Waals surface area contributed by atoms with Crippen LogP contribution in [0.1, 0.15) is 44.7 Å². The molecule has 0 saturated carbocycles. The molecule has 0 saturated heterocycles. The average molecular weight is 410 g/mol. The molecule has 0 bridgehead atoms. The monoisotopic (exact) mass is 409 g/mol. The van der Waals surface area contributed by atoms with Crippen LogP contribution in [0.25, 0.3) is 0 Å². The van der Waals surface area contributed by atoms with Crippen LogP contribution in [0.3, 0.4) is 0 Å². The Morgan fingerprint density at radius 2 is 2.17 bits per heavy atom. The number of imidazole rings is 1. The number of halogens is 1. The van der Waals surface area contributed by atoms with Crippen molar-refractivity contribution in [3.8, 4) is 0 Å². The maximum absolute atomic E-state index is 11.2. The zero-order valence-electron chi connectivity index (χ0n) is 14.0. The molecule has 8 nitrogen and oxygen atoms in total. The van der Waals surface area contributed by atoms with Crippen LogP contribution in [0.4, 0.5) is 5.95 Å². The summed E-state index contributed by atoms with van der Waals surface area (Å²) in [6.45, 7) is 7.03. The summed E-state index contributed by atoms with van der Waals surface area (Å²) in [4.78, 5) is 15.0. The molecule has 2 atom stereocenters. The molecule has 0 amide bonds. The number of nitrogens with two attached hydrogens (primary N) is 1. The minimum Gasteiger partial charge on any atom is -0.390 e. The lowest BCUT2D eigenvalue weighted by molar-refractivity contribution is -0.396. The van der Waals surface area contributed by atoms with Gasteiger partial charge in [-0.15, -0.1) is 0 Å². The summed E-state index contributed by atoms with van der Waals surface area (Å²) in [5, 5.41) is 12.0. The fourth-order valence-corrected chi connectivity index (χ4v) is 4.10. The number of aromatic nitrogens is 2. The maximum atomic E-state index is 11.2. The number of aryl methyl sites for hydroxylation is 1. The fraction of sp³-hybridized carbons (Fsp3) is 0.769. The molecule has 1 aromatic rings. The van der Waals surface area contributed by atoms with Gasteiger partial charge in [-0.2, -0.15) is 0 Å². The molecule has 0 aliphatic heterocycles. The van der Waals surface area contributed by atoms with Gasteiger partial charge in [0.1, 0.15) is 11.8 Å². The van der Waals surface area contributed by atoms with Gasteiger partial charge in [-0.3, -0.25) is 5.50 Å². The number of nitrogens with zero attached hydrogens (tertiary/aromatic N) is 4. The molecule has 1 rings (SSSR count). The molecule has 0 aromatic carbocycles. The van der Waals surface area contributed by atoms with E-state index in [9.17, 15) is 10.1 Å². The van der Waals surface area contributed by atoms with Crippen molar-refractivity contribution >= 4 is 30.3 Å². The van der Waals surface area contributed by atoms with E-state index in [-0.39, 0.29) is 12.1 Å². The SMILES string of the molecule is CCc1nc([N+](=O)[O-])n(CC)c1C(CC)OP(N)N(C)CCBr. The first-order valence-corrected chi connectivity index (χ1v) is 10.0. The molecule has 0 aliphatic carbocycles. The van der Waals surface area contributed by atoms with E-state index in [1.807, 2.05) is 32.5 Å². The van der Waals surface area contributed by atoms with E-state index in [2.05, 4.69) is 20.9 Å². The van der Waals surface area contributed by atoms with Crippen molar-refractivity contribution < 1.29 is 9.45 Å². The zero-order valence-corrected chi connectivity index (χ0v) is 16.5. The molecular formula is C13H25BrN5O3P. The van der Waals surface area contributed by atoms with Gasteiger partial charge in [0.25, 0.3) is 0 Å². The molecule has 0 aliphatic rings. The van der Waals surface area contributed by atoms with Crippen LogP contribution < -0.4 is 5.50 Å². The normalized spacial score (nSPS) is 14.2. The molecular weight excluding hydrogens is 385 g/mol. The first-order chi connectivity index (χ1) is 10.9. The molecule has 0 radical (unpaired) electrons. The lowest BCUT2D eigenvalue weighted by Gasteiger charge is -2.26. The number of alkyl halides is 1. The average Bonchev–Trinajstić information content (AvgIpc) is 2.91. The van der Waals surface area contributed by atoms with Gasteiger partial charge in [-0.05, 0) is 25.3 Å². The molecule has 1 heterocycles. The number of nitro groups is 1. The Labute approximate surface area is 146 Å². The Bertz CT molecular complexity index is 528. The first-order valence-electron chi connectivity index (χ1n) is 7.63. The van der Waals surface area contributed by atoms with E-state index in [1.54, 1.807) is 4.57 Å². The summed E-state index contributed by atoms with van der Waals surface area (Å²) in [6, 6.07) is 0. The summed E-state index contributed by atoms with van der Waals surface area (Å²) >= 11 is 3.38. The van der Waals surface area contributed by atoms with Gasteiger partial charge in [0, 0.05) is 18.3 Å². The first kappa shape index (κ1) is 20.4. The van der Waals surface area contributed by atoms with E-state index >= 15 is 0 Å². The van der Waals surface area contributed by atoms with E-state index in [0.29, 0.717) is 25.1 Å². The third-order valence-electron chi connectivity index (χ3n) is 3.53. The molecule has 2 unspecified atom stereocenters. The predicted molar refractivity (Wildman–Crippen MR) is 95.6 cm³/mol. The Kier molecular flexibility index (Phi) is 8.57. The number of hydrogen-bond acceptors (Lipinski definition) is 6. The summed E-state index contributed by atoms with van der Waals surface area (Å²) in [7, 11) is 0.638. The van der Waals surface area contributed by atoms with E-state index in [0.717, 1.165) is 17.6 Å². The Hall–Kier alpha value is -0.600. The summed E-state index contributed by atoms with van der Waals surface area (Å²) in [5.41, 5.74) is 7.63. The van der Waals surface area contributed by atoms with Crippen molar-refractivity contribution in [3.05, 3.63) is 21.5 Å². The second-order valence-electron chi connectivity index (χ2n) is 4.97. The third-order valence-corrected chi connectivity index (χ3v) is 5.23. The smallest absolute Gasteiger partial charge is 0.390 e. The molecule has 0 spiro atoms. The Morgan fingerprint density at radius 1 is 1.52 bits per heavy atom. The fourth-order valence-electron chi connectivity index (χ4n) is 2.32. The van der Waals surface area contributed by atoms with Gasteiger partial charge < -0.3 is 14.6 Å². The third kappa shape index (κ3) is 4.93. The van der Waals surface area contributed by atoms with E-state index in [1.165, 1.54) is 0 Å². The highest BCUT2D eigenvalue weighted by atomic mass is 79.9. The van der Waals surface area contributed by atoms with Gasteiger partial charge in [0.2, 0.25) is 0 Å². The van der Waals surface area contributed by atoms with Crippen molar-refractivity contribution in [2.75, 3.05) is 18.9 Å². The topological polar surface area (TPSA) is 99.4 Å². The quantitative estimate of drug-likeness (QED) is 0.275. The van der Waals surface area contributed by atoms with Crippen LogP contribution >= 0.6 is 24.4 Å². The maximum Gasteiger partial charge on any atom is 0.435 e. The highest BCUT2D eigenvalue weighted by Gasteiger charge is 2.32. The number of rotatable bonds is 10. The summed E-state index contributed by atoms with van der Waals surface area (Å²) < 4.78 is 9.61. The number of hydrogen-bond donors (Lipinski definition) is 1. The standard InChI is InChI=1S/C13H25BrN5O3P/c1-5-10-12(18(7-3)13(16-10)19(20)21)11(6-2)22-23(15)17(4)9-8-14/h11H,5-9,15H2,1-4H3. The van der Waals surface area contributed by atoms with Crippen LogP contribution in [-0.4, -0.2) is 38.1 Å². The molecule has 23 heavy (non-hydrogen) atoms. The van der Waals surface area contributed by atoms with E-state index < -0.39 is 13.4 Å². The predicted octanol–water partition coefficient (Wildman–Crippen LogP) is 3.35.